The standard InChI is InChI=1S/C20H20ClN3O3S/c1-2-27-19(26)16-9-5-6-10-23(16)18(25)17-12-28-20-22-15(11-24(17)20)13-7-3-4-8-14(13)21/h3-4,7-8,11-12,16H,2,5-6,9-10H2,1H3/t16-/m0/s1. The summed E-state index contributed by atoms with van der Waals surface area (Å²) in [4.78, 5) is 32.5. The molecular formula is C20H20ClN3O3S. The van der Waals surface area contributed by atoms with Gasteiger partial charge in [0, 0.05) is 23.7 Å². The lowest BCUT2D eigenvalue weighted by atomic mass is 10.0. The lowest BCUT2D eigenvalue weighted by molar-refractivity contribution is -0.149. The Morgan fingerprint density at radius 1 is 1.32 bits per heavy atom. The lowest BCUT2D eigenvalue weighted by Gasteiger charge is -2.33. The normalized spacial score (nSPS) is 17.1. The van der Waals surface area contributed by atoms with E-state index in [1.165, 1.54) is 11.3 Å². The van der Waals surface area contributed by atoms with Crippen LogP contribution in [0, 0.1) is 0 Å². The molecule has 0 bridgehead atoms. The van der Waals surface area contributed by atoms with Crippen LogP contribution in [-0.2, 0) is 9.53 Å². The van der Waals surface area contributed by atoms with Crippen LogP contribution in [0.1, 0.15) is 36.7 Å². The first-order valence-corrected chi connectivity index (χ1v) is 10.5. The number of hydrogen-bond acceptors (Lipinski definition) is 5. The summed E-state index contributed by atoms with van der Waals surface area (Å²) in [5.74, 6) is -0.503. The number of nitrogens with zero attached hydrogens (tertiary/aromatic N) is 3. The molecule has 1 atom stereocenters. The van der Waals surface area contributed by atoms with Crippen molar-refractivity contribution in [1.29, 1.82) is 0 Å². The van der Waals surface area contributed by atoms with E-state index in [-0.39, 0.29) is 11.9 Å². The quantitative estimate of drug-likeness (QED) is 0.594. The van der Waals surface area contributed by atoms with Crippen LogP contribution >= 0.6 is 22.9 Å². The van der Waals surface area contributed by atoms with Crippen LogP contribution in [0.4, 0.5) is 0 Å². The molecule has 28 heavy (non-hydrogen) atoms. The number of imidazole rings is 1. The molecular weight excluding hydrogens is 398 g/mol. The number of amides is 1. The summed E-state index contributed by atoms with van der Waals surface area (Å²) in [6, 6.07) is 6.96. The number of carbonyl (C=O) groups is 2. The maximum absolute atomic E-state index is 13.3. The molecule has 0 N–H and O–H groups in total. The van der Waals surface area contributed by atoms with Gasteiger partial charge >= 0.3 is 5.97 Å². The van der Waals surface area contributed by atoms with Crippen LogP contribution in [-0.4, -0.2) is 45.4 Å². The van der Waals surface area contributed by atoms with Crippen molar-refractivity contribution in [3.8, 4) is 11.3 Å². The summed E-state index contributed by atoms with van der Waals surface area (Å²) < 4.78 is 6.96. The third-order valence-corrected chi connectivity index (χ3v) is 6.07. The average molecular weight is 418 g/mol. The van der Waals surface area contributed by atoms with Gasteiger partial charge in [0.15, 0.2) is 4.96 Å². The summed E-state index contributed by atoms with van der Waals surface area (Å²) >= 11 is 7.68. The number of halogens is 1. The van der Waals surface area contributed by atoms with Gasteiger partial charge in [0.2, 0.25) is 0 Å². The Hall–Kier alpha value is -2.38. The zero-order valence-corrected chi connectivity index (χ0v) is 17.0. The maximum Gasteiger partial charge on any atom is 0.328 e. The fourth-order valence-corrected chi connectivity index (χ4v) is 4.62. The highest BCUT2D eigenvalue weighted by Gasteiger charge is 2.34. The Morgan fingerprint density at radius 2 is 2.14 bits per heavy atom. The Labute approximate surface area is 171 Å². The Kier molecular flexibility index (Phi) is 5.37. The Bertz CT molecular complexity index is 1030. The number of esters is 1. The van der Waals surface area contributed by atoms with Gasteiger partial charge in [-0.3, -0.25) is 9.20 Å². The number of benzene rings is 1. The largest absolute Gasteiger partial charge is 0.464 e. The highest BCUT2D eigenvalue weighted by molar-refractivity contribution is 7.15. The number of thiazole rings is 1. The van der Waals surface area contributed by atoms with Gasteiger partial charge < -0.3 is 9.64 Å². The molecule has 0 radical (unpaired) electrons. The van der Waals surface area contributed by atoms with Gasteiger partial charge in [-0.05, 0) is 32.3 Å². The van der Waals surface area contributed by atoms with Crippen molar-refractivity contribution in [1.82, 2.24) is 14.3 Å². The fourth-order valence-electron chi connectivity index (χ4n) is 3.54. The lowest BCUT2D eigenvalue weighted by Crippen LogP contribution is -2.48. The smallest absolute Gasteiger partial charge is 0.328 e. The molecule has 1 fully saturated rings. The second-order valence-corrected chi connectivity index (χ2v) is 7.89. The minimum Gasteiger partial charge on any atom is -0.464 e. The molecule has 0 saturated carbocycles. The first-order valence-electron chi connectivity index (χ1n) is 9.29. The number of fused-ring (bicyclic) bond motifs is 1. The molecule has 3 aromatic rings. The number of piperidine rings is 1. The van der Waals surface area contributed by atoms with Crippen molar-refractivity contribution in [2.45, 2.75) is 32.2 Å². The second-order valence-electron chi connectivity index (χ2n) is 6.64. The maximum atomic E-state index is 13.3. The molecule has 1 aliphatic rings. The van der Waals surface area contributed by atoms with E-state index in [1.807, 2.05) is 30.5 Å². The number of carbonyl (C=O) groups excluding carboxylic acids is 2. The van der Waals surface area contributed by atoms with Crippen molar-refractivity contribution in [2.75, 3.05) is 13.2 Å². The van der Waals surface area contributed by atoms with E-state index in [1.54, 1.807) is 21.6 Å². The minimum absolute atomic E-state index is 0.174. The molecule has 4 rings (SSSR count). The van der Waals surface area contributed by atoms with E-state index in [0.29, 0.717) is 40.9 Å². The average Bonchev–Trinajstić information content (AvgIpc) is 3.29. The number of hydrogen-bond donors (Lipinski definition) is 0. The predicted octanol–water partition coefficient (Wildman–Crippen LogP) is 4.27. The molecule has 1 aromatic carbocycles. The van der Waals surface area contributed by atoms with E-state index in [9.17, 15) is 9.59 Å². The first kappa shape index (κ1) is 19.0. The molecule has 3 heterocycles. The van der Waals surface area contributed by atoms with Gasteiger partial charge in [-0.15, -0.1) is 11.3 Å². The topological polar surface area (TPSA) is 63.9 Å². The monoisotopic (exact) mass is 417 g/mol. The fraction of sp³-hybridized carbons (Fsp3) is 0.350. The van der Waals surface area contributed by atoms with Crippen LogP contribution in [0.5, 0.6) is 0 Å². The van der Waals surface area contributed by atoms with Crippen LogP contribution in [0.15, 0.2) is 35.8 Å². The van der Waals surface area contributed by atoms with Gasteiger partial charge in [-0.2, -0.15) is 0 Å². The molecule has 0 aliphatic carbocycles. The van der Waals surface area contributed by atoms with Crippen LogP contribution in [0.25, 0.3) is 16.2 Å². The number of likely N-dealkylation sites (tertiary alicyclic amines) is 1. The van der Waals surface area contributed by atoms with Crippen LogP contribution in [0.3, 0.4) is 0 Å². The van der Waals surface area contributed by atoms with Crippen molar-refractivity contribution >= 4 is 39.8 Å². The van der Waals surface area contributed by atoms with Crippen molar-refractivity contribution in [3.63, 3.8) is 0 Å². The predicted molar refractivity (Wildman–Crippen MR) is 109 cm³/mol. The third-order valence-electron chi connectivity index (χ3n) is 4.90. The number of ether oxygens (including phenoxy) is 1. The Balaban J connectivity index is 1.67. The molecule has 0 unspecified atom stereocenters. The van der Waals surface area contributed by atoms with Crippen molar-refractivity contribution < 1.29 is 14.3 Å². The molecule has 8 heteroatoms. The molecule has 1 amide bonds. The molecule has 6 nitrogen and oxygen atoms in total. The van der Waals surface area contributed by atoms with Crippen LogP contribution in [0.2, 0.25) is 5.02 Å². The van der Waals surface area contributed by atoms with E-state index in [4.69, 9.17) is 16.3 Å². The van der Waals surface area contributed by atoms with Gasteiger partial charge in [0.05, 0.1) is 17.3 Å². The van der Waals surface area contributed by atoms with E-state index < -0.39 is 6.04 Å². The SMILES string of the molecule is CCOC(=O)[C@@H]1CCCCN1C(=O)c1csc2nc(-c3ccccc3Cl)cn12. The second kappa shape index (κ2) is 7.93. The molecule has 1 saturated heterocycles. The summed E-state index contributed by atoms with van der Waals surface area (Å²) in [5.41, 5.74) is 2.04. The summed E-state index contributed by atoms with van der Waals surface area (Å²) in [7, 11) is 0. The number of rotatable bonds is 4. The zero-order valence-electron chi connectivity index (χ0n) is 15.4. The van der Waals surface area contributed by atoms with Gasteiger partial charge in [0.1, 0.15) is 11.7 Å². The van der Waals surface area contributed by atoms with Gasteiger partial charge in [0.25, 0.3) is 5.91 Å². The highest BCUT2D eigenvalue weighted by Crippen LogP contribution is 2.30. The van der Waals surface area contributed by atoms with E-state index in [2.05, 4.69) is 4.98 Å². The zero-order chi connectivity index (χ0) is 19.7. The van der Waals surface area contributed by atoms with Crippen LogP contribution < -0.4 is 0 Å². The third kappa shape index (κ3) is 3.40. The summed E-state index contributed by atoms with van der Waals surface area (Å²) in [6.45, 7) is 2.63. The molecule has 0 spiro atoms. The van der Waals surface area contributed by atoms with E-state index in [0.717, 1.165) is 18.4 Å². The number of aromatic nitrogens is 2. The first-order chi connectivity index (χ1) is 13.6. The van der Waals surface area contributed by atoms with Gasteiger partial charge in [-0.1, -0.05) is 29.8 Å². The van der Waals surface area contributed by atoms with Crippen molar-refractivity contribution in [3.05, 3.63) is 46.6 Å². The molecule has 146 valence electrons. The highest BCUT2D eigenvalue weighted by atomic mass is 35.5. The van der Waals surface area contributed by atoms with Gasteiger partial charge in [-0.25, -0.2) is 9.78 Å². The summed E-state index contributed by atoms with van der Waals surface area (Å²) in [5, 5.41) is 2.40. The molecule has 2 aromatic heterocycles. The minimum atomic E-state index is -0.525. The summed E-state index contributed by atoms with van der Waals surface area (Å²) in [6.07, 6.45) is 4.24. The van der Waals surface area contributed by atoms with E-state index >= 15 is 0 Å². The Morgan fingerprint density at radius 3 is 2.93 bits per heavy atom. The van der Waals surface area contributed by atoms with Crippen molar-refractivity contribution in [2.24, 2.45) is 0 Å². The molecule has 1 aliphatic heterocycles.